The maximum absolute atomic E-state index is 12.3. The summed E-state index contributed by atoms with van der Waals surface area (Å²) in [7, 11) is 1.71. The van der Waals surface area contributed by atoms with Crippen LogP contribution in [0.1, 0.15) is 25.0 Å². The van der Waals surface area contributed by atoms with E-state index in [1.54, 1.807) is 7.05 Å². The van der Waals surface area contributed by atoms with Crippen LogP contribution in [-0.4, -0.2) is 38.4 Å². The lowest BCUT2D eigenvalue weighted by Gasteiger charge is -2.13. The zero-order valence-corrected chi connectivity index (χ0v) is 15.5. The van der Waals surface area contributed by atoms with E-state index >= 15 is 0 Å². The van der Waals surface area contributed by atoms with Gasteiger partial charge in [-0.25, -0.2) is 4.98 Å². The number of aromatic nitrogens is 4. The van der Waals surface area contributed by atoms with Gasteiger partial charge in [0.2, 0.25) is 5.91 Å². The van der Waals surface area contributed by atoms with Crippen molar-refractivity contribution in [2.75, 3.05) is 13.2 Å². The van der Waals surface area contributed by atoms with Gasteiger partial charge < -0.3 is 10.1 Å². The highest BCUT2D eigenvalue weighted by molar-refractivity contribution is 5.77. The van der Waals surface area contributed by atoms with Gasteiger partial charge >= 0.3 is 0 Å². The molecule has 27 heavy (non-hydrogen) atoms. The number of nitrogens with one attached hydrogen (secondary N) is 1. The molecule has 1 amide bonds. The molecule has 2 aromatic heterocycles. The molecule has 3 aromatic rings. The van der Waals surface area contributed by atoms with Crippen LogP contribution in [0.15, 0.2) is 47.7 Å². The Balaban J connectivity index is 1.42. The summed E-state index contributed by atoms with van der Waals surface area (Å²) >= 11 is 0. The molecule has 3 rings (SSSR count). The van der Waals surface area contributed by atoms with E-state index in [0.29, 0.717) is 30.6 Å². The largest absolute Gasteiger partial charge is 0.374 e. The number of nitrogens with zero attached hydrogens (tertiary/aromatic N) is 4. The van der Waals surface area contributed by atoms with Crippen molar-refractivity contribution in [1.82, 2.24) is 24.6 Å². The molecule has 0 bridgehead atoms. The zero-order chi connectivity index (χ0) is 19.2. The maximum Gasteiger partial charge on any atom is 0.264 e. The van der Waals surface area contributed by atoms with E-state index in [-0.39, 0.29) is 24.1 Å². The van der Waals surface area contributed by atoms with Gasteiger partial charge in [0, 0.05) is 20.2 Å². The first kappa shape index (κ1) is 18.8. The van der Waals surface area contributed by atoms with Gasteiger partial charge in [-0.2, -0.15) is 5.10 Å². The van der Waals surface area contributed by atoms with Crippen LogP contribution in [0.2, 0.25) is 0 Å². The molecule has 0 aliphatic rings. The van der Waals surface area contributed by atoms with Crippen LogP contribution in [0.25, 0.3) is 11.0 Å². The SMILES string of the molecule is CC(OCCCNC(=O)Cn1cnc2c(cnn2C)c1=O)c1ccccc1. The van der Waals surface area contributed by atoms with Crippen molar-refractivity contribution in [2.24, 2.45) is 7.05 Å². The van der Waals surface area contributed by atoms with Crippen LogP contribution in [0.3, 0.4) is 0 Å². The highest BCUT2D eigenvalue weighted by atomic mass is 16.5. The lowest BCUT2D eigenvalue weighted by molar-refractivity contribution is -0.121. The number of amides is 1. The number of ether oxygens (including phenoxy) is 1. The fraction of sp³-hybridized carbons (Fsp3) is 0.368. The number of aryl methyl sites for hydroxylation is 1. The van der Waals surface area contributed by atoms with Gasteiger partial charge in [0.25, 0.3) is 5.56 Å². The molecule has 0 saturated heterocycles. The quantitative estimate of drug-likeness (QED) is 0.606. The Morgan fingerprint density at radius 1 is 1.30 bits per heavy atom. The molecular weight excluding hydrogens is 346 g/mol. The molecule has 0 radical (unpaired) electrons. The summed E-state index contributed by atoms with van der Waals surface area (Å²) in [6.07, 6.45) is 3.54. The van der Waals surface area contributed by atoms with E-state index in [4.69, 9.17) is 4.74 Å². The Labute approximate surface area is 156 Å². The molecule has 0 spiro atoms. The van der Waals surface area contributed by atoms with Gasteiger partial charge in [-0.05, 0) is 18.9 Å². The van der Waals surface area contributed by atoms with Crippen molar-refractivity contribution in [2.45, 2.75) is 26.0 Å². The van der Waals surface area contributed by atoms with E-state index in [2.05, 4.69) is 15.4 Å². The van der Waals surface area contributed by atoms with Gasteiger partial charge in [-0.1, -0.05) is 30.3 Å². The van der Waals surface area contributed by atoms with Gasteiger partial charge in [0.05, 0.1) is 12.3 Å². The second-order valence-corrected chi connectivity index (χ2v) is 6.31. The first-order chi connectivity index (χ1) is 13.1. The van der Waals surface area contributed by atoms with Gasteiger partial charge in [0.15, 0.2) is 5.65 Å². The second-order valence-electron chi connectivity index (χ2n) is 6.31. The predicted molar refractivity (Wildman–Crippen MR) is 101 cm³/mol. The Morgan fingerprint density at radius 3 is 2.85 bits per heavy atom. The van der Waals surface area contributed by atoms with E-state index in [1.807, 2.05) is 37.3 Å². The van der Waals surface area contributed by atoms with Crippen LogP contribution in [0.4, 0.5) is 0 Å². The molecule has 2 heterocycles. The molecule has 1 unspecified atom stereocenters. The minimum absolute atomic E-state index is 0.0118. The lowest BCUT2D eigenvalue weighted by atomic mass is 10.1. The van der Waals surface area contributed by atoms with E-state index < -0.39 is 0 Å². The van der Waals surface area contributed by atoms with Crippen molar-refractivity contribution >= 4 is 16.9 Å². The fourth-order valence-electron chi connectivity index (χ4n) is 2.77. The third-order valence-corrected chi connectivity index (χ3v) is 4.31. The fourth-order valence-corrected chi connectivity index (χ4v) is 2.77. The lowest BCUT2D eigenvalue weighted by Crippen LogP contribution is -2.33. The standard InChI is InChI=1S/C19H23N5O3/c1-14(15-7-4-3-5-8-15)27-10-6-9-20-17(25)12-24-13-21-18-16(19(24)26)11-22-23(18)2/h3-5,7-8,11,13-14H,6,9-10,12H2,1-2H3,(H,20,25). The number of hydrogen-bond donors (Lipinski definition) is 1. The van der Waals surface area contributed by atoms with Crippen molar-refractivity contribution in [1.29, 1.82) is 0 Å². The van der Waals surface area contributed by atoms with Gasteiger partial charge in [0.1, 0.15) is 18.3 Å². The zero-order valence-electron chi connectivity index (χ0n) is 15.5. The topological polar surface area (TPSA) is 91.0 Å². The van der Waals surface area contributed by atoms with Crippen LogP contribution in [0.5, 0.6) is 0 Å². The predicted octanol–water partition coefficient (Wildman–Crippen LogP) is 1.41. The summed E-state index contributed by atoms with van der Waals surface area (Å²) in [5, 5.41) is 7.21. The molecule has 0 saturated carbocycles. The van der Waals surface area contributed by atoms with Crippen LogP contribution in [0, 0.1) is 0 Å². The van der Waals surface area contributed by atoms with Crippen LogP contribution < -0.4 is 10.9 Å². The summed E-state index contributed by atoms with van der Waals surface area (Å²) in [6, 6.07) is 9.98. The summed E-state index contributed by atoms with van der Waals surface area (Å²) in [4.78, 5) is 28.6. The average molecular weight is 369 g/mol. The molecule has 142 valence electrons. The molecule has 8 heteroatoms. The first-order valence-electron chi connectivity index (χ1n) is 8.86. The van der Waals surface area contributed by atoms with Crippen LogP contribution in [-0.2, 0) is 23.1 Å². The Hall–Kier alpha value is -3.00. The van der Waals surface area contributed by atoms with Crippen molar-refractivity contribution in [3.63, 3.8) is 0 Å². The van der Waals surface area contributed by atoms with Crippen molar-refractivity contribution in [3.8, 4) is 0 Å². The summed E-state index contributed by atoms with van der Waals surface area (Å²) in [6.45, 7) is 2.96. The Bertz CT molecular complexity index is 964. The summed E-state index contributed by atoms with van der Waals surface area (Å²) in [5.41, 5.74) is 1.35. The number of benzene rings is 1. The monoisotopic (exact) mass is 369 g/mol. The third-order valence-electron chi connectivity index (χ3n) is 4.31. The number of carbonyl (C=O) groups is 1. The van der Waals surface area contributed by atoms with Crippen molar-refractivity contribution < 1.29 is 9.53 Å². The number of hydrogen-bond acceptors (Lipinski definition) is 5. The minimum atomic E-state index is -0.275. The van der Waals surface area contributed by atoms with E-state index in [9.17, 15) is 9.59 Å². The highest BCUT2D eigenvalue weighted by Crippen LogP contribution is 2.15. The second kappa shape index (κ2) is 8.59. The van der Waals surface area contributed by atoms with Crippen molar-refractivity contribution in [3.05, 3.63) is 58.8 Å². The maximum atomic E-state index is 12.3. The number of rotatable bonds is 8. The minimum Gasteiger partial charge on any atom is -0.374 e. The molecular formula is C19H23N5O3. The van der Waals surface area contributed by atoms with Crippen LogP contribution >= 0.6 is 0 Å². The van der Waals surface area contributed by atoms with Gasteiger partial charge in [-0.3, -0.25) is 18.8 Å². The Morgan fingerprint density at radius 2 is 2.07 bits per heavy atom. The average Bonchev–Trinajstić information content (AvgIpc) is 3.06. The molecule has 8 nitrogen and oxygen atoms in total. The first-order valence-corrected chi connectivity index (χ1v) is 8.86. The van der Waals surface area contributed by atoms with E-state index in [0.717, 1.165) is 5.56 Å². The molecule has 1 atom stereocenters. The third kappa shape index (κ3) is 4.59. The highest BCUT2D eigenvalue weighted by Gasteiger charge is 2.10. The molecule has 1 N–H and O–H groups in total. The number of fused-ring (bicyclic) bond motifs is 1. The molecule has 0 aliphatic carbocycles. The normalized spacial score (nSPS) is 12.2. The molecule has 1 aromatic carbocycles. The Kier molecular flexibility index (Phi) is 5.97. The summed E-state index contributed by atoms with van der Waals surface area (Å²) < 4.78 is 8.58. The molecule has 0 fully saturated rings. The number of carbonyl (C=O) groups excluding carboxylic acids is 1. The van der Waals surface area contributed by atoms with Gasteiger partial charge in [-0.15, -0.1) is 0 Å². The molecule has 0 aliphatic heterocycles. The summed E-state index contributed by atoms with van der Waals surface area (Å²) in [5.74, 6) is -0.238. The smallest absolute Gasteiger partial charge is 0.264 e. The van der Waals surface area contributed by atoms with E-state index in [1.165, 1.54) is 21.8 Å².